The monoisotopic (exact) mass is 541 g/mol. The minimum Gasteiger partial charge on any atom is -0.489 e. The fourth-order valence-electron chi connectivity index (χ4n) is 5.73. The molecule has 0 bridgehead atoms. The van der Waals surface area contributed by atoms with Crippen LogP contribution in [0.25, 0.3) is 11.3 Å². The summed E-state index contributed by atoms with van der Waals surface area (Å²) in [5, 5.41) is 0.0993. The van der Waals surface area contributed by atoms with E-state index in [2.05, 4.69) is 30.2 Å². The number of piperazine rings is 1. The van der Waals surface area contributed by atoms with E-state index in [1.807, 2.05) is 14.1 Å². The van der Waals surface area contributed by atoms with Crippen LogP contribution in [0.3, 0.4) is 0 Å². The van der Waals surface area contributed by atoms with Gasteiger partial charge in [0.05, 0.1) is 11.7 Å². The summed E-state index contributed by atoms with van der Waals surface area (Å²) in [7, 11) is 4.07. The lowest BCUT2D eigenvalue weighted by Gasteiger charge is -2.40. The van der Waals surface area contributed by atoms with Crippen LogP contribution in [0.15, 0.2) is 36.9 Å². The Morgan fingerprint density at radius 1 is 1.26 bits per heavy atom. The zero-order valence-electron chi connectivity index (χ0n) is 22.2. The van der Waals surface area contributed by atoms with Gasteiger partial charge < -0.3 is 24.3 Å². The molecule has 0 N–H and O–H groups in total. The number of carbonyl (C=O) groups is 2. The summed E-state index contributed by atoms with van der Waals surface area (Å²) in [5.41, 5.74) is 0.424. The molecule has 0 aliphatic carbocycles. The molecule has 10 heteroatoms. The number of fused-ring (bicyclic) bond motifs is 2. The number of hydrogen-bond donors (Lipinski definition) is 0. The molecule has 2 saturated heterocycles. The van der Waals surface area contributed by atoms with E-state index in [4.69, 9.17) is 21.3 Å². The van der Waals surface area contributed by atoms with Gasteiger partial charge in [0.15, 0.2) is 5.75 Å². The summed E-state index contributed by atoms with van der Waals surface area (Å²) in [4.78, 5) is 39.1. The highest BCUT2D eigenvalue weighted by atomic mass is 35.5. The van der Waals surface area contributed by atoms with Crippen molar-refractivity contribution >= 4 is 29.2 Å². The Balaban J connectivity index is 1.67. The molecule has 2 amide bonds. The average molecular weight is 542 g/mol. The van der Waals surface area contributed by atoms with E-state index < -0.39 is 5.82 Å². The number of anilines is 1. The summed E-state index contributed by atoms with van der Waals surface area (Å²) >= 11 is 6.87. The summed E-state index contributed by atoms with van der Waals surface area (Å²) in [5.74, 6) is -0.251. The topological polar surface area (TPSA) is 69.2 Å². The zero-order valence-corrected chi connectivity index (χ0v) is 23.0. The zero-order chi connectivity index (χ0) is 27.4. The number of halogens is 2. The molecule has 0 spiro atoms. The summed E-state index contributed by atoms with van der Waals surface area (Å²) in [6.45, 7) is 9.66. The lowest BCUT2D eigenvalue weighted by atomic mass is 9.99. The van der Waals surface area contributed by atoms with Gasteiger partial charge in [-0.3, -0.25) is 9.59 Å². The maximum absolute atomic E-state index is 15.0. The second-order valence-corrected chi connectivity index (χ2v) is 11.4. The number of amides is 2. The molecule has 3 aliphatic heterocycles. The number of aromatic nitrogens is 1. The first kappa shape index (κ1) is 26.4. The van der Waals surface area contributed by atoms with E-state index in [1.54, 1.807) is 28.0 Å². The van der Waals surface area contributed by atoms with Crippen molar-refractivity contribution in [3.8, 4) is 17.0 Å². The summed E-state index contributed by atoms with van der Waals surface area (Å²) in [6.07, 6.45) is 2.13. The number of benzene rings is 1. The lowest BCUT2D eigenvalue weighted by molar-refractivity contribution is -0.128. The molecule has 1 aromatic heterocycles. The van der Waals surface area contributed by atoms with Crippen LogP contribution in [0, 0.1) is 5.82 Å². The van der Waals surface area contributed by atoms with E-state index in [0.29, 0.717) is 32.0 Å². The van der Waals surface area contributed by atoms with Gasteiger partial charge in [-0.1, -0.05) is 30.3 Å². The molecule has 8 nitrogen and oxygen atoms in total. The van der Waals surface area contributed by atoms with Gasteiger partial charge in [0.1, 0.15) is 28.8 Å². The van der Waals surface area contributed by atoms with Crippen molar-refractivity contribution in [2.45, 2.75) is 37.9 Å². The number of hydrogen-bond acceptors (Lipinski definition) is 6. The molecular weight excluding hydrogens is 509 g/mol. The third kappa shape index (κ3) is 4.41. The SMILES string of the molecule is C=CC(=O)N1CCN2C(=O)c3c(N4C[C@H](N(C)C)CC4(C)C)nc(-c4ccccc4F)c(Cl)c3OC[C@H]2C1. The number of likely N-dealkylation sites (N-methyl/N-ethyl adjacent to an activating group) is 1. The lowest BCUT2D eigenvalue weighted by Crippen LogP contribution is -2.57. The Hall–Kier alpha value is -3.17. The van der Waals surface area contributed by atoms with Gasteiger partial charge in [-0.15, -0.1) is 0 Å². The van der Waals surface area contributed by atoms with Crippen molar-refractivity contribution in [3.05, 3.63) is 53.3 Å². The van der Waals surface area contributed by atoms with Crippen LogP contribution in [0.4, 0.5) is 10.2 Å². The molecule has 2 fully saturated rings. The molecule has 0 radical (unpaired) electrons. The van der Waals surface area contributed by atoms with Crippen molar-refractivity contribution in [3.63, 3.8) is 0 Å². The summed E-state index contributed by atoms with van der Waals surface area (Å²) in [6, 6.07) is 6.18. The molecule has 202 valence electrons. The highest BCUT2D eigenvalue weighted by Crippen LogP contribution is 2.46. The van der Waals surface area contributed by atoms with E-state index in [1.165, 1.54) is 12.1 Å². The van der Waals surface area contributed by atoms with Gasteiger partial charge >= 0.3 is 0 Å². The van der Waals surface area contributed by atoms with Crippen LogP contribution in [0.2, 0.25) is 5.02 Å². The Labute approximate surface area is 227 Å². The molecule has 2 atom stereocenters. The number of ether oxygens (including phenoxy) is 1. The van der Waals surface area contributed by atoms with Gasteiger partial charge in [0, 0.05) is 43.3 Å². The standard InChI is InChI=1S/C28H33ClFN5O3/c1-6-21(36)33-11-12-34-18(14-33)16-38-25-22(27(34)37)26(35-15-17(32(4)5)13-28(35,2)3)31-24(23(25)29)19-9-7-8-10-20(19)30/h6-10,17-18H,1,11-16H2,2-5H3/t17-,18-/m1/s1. The van der Waals surface area contributed by atoms with E-state index in [-0.39, 0.29) is 63.6 Å². The third-order valence-corrected chi connectivity index (χ3v) is 8.26. The van der Waals surface area contributed by atoms with E-state index in [0.717, 1.165) is 6.42 Å². The predicted octanol–water partition coefficient (Wildman–Crippen LogP) is 3.69. The first-order valence-corrected chi connectivity index (χ1v) is 13.2. The first-order valence-electron chi connectivity index (χ1n) is 12.8. The van der Waals surface area contributed by atoms with E-state index >= 15 is 0 Å². The number of rotatable bonds is 4. The van der Waals surface area contributed by atoms with Gasteiger partial charge in [-0.05, 0) is 52.6 Å². The molecule has 3 aliphatic rings. The Morgan fingerprint density at radius 3 is 2.66 bits per heavy atom. The number of nitrogens with zero attached hydrogens (tertiary/aromatic N) is 5. The smallest absolute Gasteiger partial charge is 0.261 e. The molecule has 0 saturated carbocycles. The Morgan fingerprint density at radius 2 is 2.00 bits per heavy atom. The Bertz CT molecular complexity index is 1300. The minimum absolute atomic E-state index is 0.0993. The fourth-order valence-corrected chi connectivity index (χ4v) is 6.02. The van der Waals surface area contributed by atoms with Crippen LogP contribution in [-0.4, -0.2) is 96.0 Å². The van der Waals surface area contributed by atoms with Crippen molar-refractivity contribution in [2.24, 2.45) is 0 Å². The summed E-state index contributed by atoms with van der Waals surface area (Å²) < 4.78 is 21.3. The van der Waals surface area contributed by atoms with Crippen molar-refractivity contribution < 1.29 is 18.7 Å². The Kier molecular flexibility index (Phi) is 6.86. The second-order valence-electron chi connectivity index (χ2n) is 11.0. The fraction of sp³-hybridized carbons (Fsp3) is 0.464. The van der Waals surface area contributed by atoms with Crippen LogP contribution in [0.5, 0.6) is 5.75 Å². The molecule has 5 rings (SSSR count). The van der Waals surface area contributed by atoms with Crippen LogP contribution in [0.1, 0.15) is 30.6 Å². The minimum atomic E-state index is -0.462. The van der Waals surface area contributed by atoms with Gasteiger partial charge in [0.25, 0.3) is 5.91 Å². The first-order chi connectivity index (χ1) is 18.0. The number of pyridine rings is 1. The van der Waals surface area contributed by atoms with Crippen molar-refractivity contribution in [1.29, 1.82) is 0 Å². The predicted molar refractivity (Wildman–Crippen MR) is 145 cm³/mol. The molecule has 4 heterocycles. The van der Waals surface area contributed by atoms with Crippen molar-refractivity contribution in [2.75, 3.05) is 51.8 Å². The molecule has 0 unspecified atom stereocenters. The van der Waals surface area contributed by atoms with Crippen LogP contribution in [-0.2, 0) is 4.79 Å². The quantitative estimate of drug-likeness (QED) is 0.550. The number of carbonyl (C=O) groups excluding carboxylic acids is 2. The van der Waals surface area contributed by atoms with Gasteiger partial charge in [-0.2, -0.15) is 0 Å². The highest BCUT2D eigenvalue weighted by Gasteiger charge is 2.45. The molecule has 1 aromatic carbocycles. The highest BCUT2D eigenvalue weighted by molar-refractivity contribution is 6.35. The largest absolute Gasteiger partial charge is 0.489 e. The van der Waals surface area contributed by atoms with Gasteiger partial charge in [-0.25, -0.2) is 9.37 Å². The molecule has 38 heavy (non-hydrogen) atoms. The van der Waals surface area contributed by atoms with Crippen LogP contribution < -0.4 is 9.64 Å². The molecule has 2 aromatic rings. The second kappa shape index (κ2) is 9.85. The normalized spacial score (nSPS) is 22.6. The molecular formula is C28H33ClFN5O3. The maximum atomic E-state index is 15.0. The average Bonchev–Trinajstić information content (AvgIpc) is 3.14. The van der Waals surface area contributed by atoms with Crippen molar-refractivity contribution in [1.82, 2.24) is 19.7 Å². The third-order valence-electron chi connectivity index (χ3n) is 7.91. The maximum Gasteiger partial charge on any atom is 0.261 e. The van der Waals surface area contributed by atoms with E-state index in [9.17, 15) is 14.0 Å². The van der Waals surface area contributed by atoms with Gasteiger partial charge in [0.2, 0.25) is 5.91 Å². The van der Waals surface area contributed by atoms with Crippen LogP contribution >= 0.6 is 11.6 Å².